The van der Waals surface area contributed by atoms with Crippen LogP contribution in [0.3, 0.4) is 0 Å². The Bertz CT molecular complexity index is 333. The molecule has 0 unspecified atom stereocenters. The van der Waals surface area contributed by atoms with Gasteiger partial charge in [-0.2, -0.15) is 0 Å². The van der Waals surface area contributed by atoms with Crippen molar-refractivity contribution in [1.82, 2.24) is 9.25 Å². The van der Waals surface area contributed by atoms with Gasteiger partial charge in [0.2, 0.25) is 20.0 Å². The van der Waals surface area contributed by atoms with E-state index in [9.17, 15) is 16.8 Å². The van der Waals surface area contributed by atoms with Crippen LogP contribution in [0.1, 0.15) is 0 Å². The molecule has 0 heterocycles. The van der Waals surface area contributed by atoms with E-state index in [1.54, 1.807) is 4.83 Å². The van der Waals surface area contributed by atoms with E-state index in [1.807, 2.05) is 0 Å². The molecule has 0 aromatic carbocycles. The number of nitrogens with zero attached hydrogens (tertiary/aromatic N) is 1. The van der Waals surface area contributed by atoms with E-state index in [-0.39, 0.29) is 0 Å². The molecular weight excluding hydrogens is 228 g/mol. The molecular formula is C3H9ClN2O4S2. The van der Waals surface area contributed by atoms with Crippen molar-refractivity contribution in [2.75, 3.05) is 18.5 Å². The molecule has 0 aliphatic heterocycles. The Morgan fingerprint density at radius 3 is 1.75 bits per heavy atom. The Balaban J connectivity index is 4.64. The van der Waals surface area contributed by atoms with Gasteiger partial charge in [0.15, 0.2) is 0 Å². The van der Waals surface area contributed by atoms with Crippen LogP contribution in [0.25, 0.3) is 0 Å². The number of hydrogen-bond donors (Lipinski definition) is 1. The molecule has 74 valence electrons. The molecule has 0 radical (unpaired) electrons. The molecule has 0 aromatic rings. The van der Waals surface area contributed by atoms with Gasteiger partial charge in [-0.1, -0.05) is 0 Å². The third kappa shape index (κ3) is 4.88. The minimum Gasteiger partial charge on any atom is -0.211 e. The Labute approximate surface area is 76.6 Å². The number of sulfonamides is 2. The SMILES string of the molecule is CS(=O)(=O)NN(CCl)S(C)(=O)=O. The lowest BCUT2D eigenvalue weighted by atomic mass is 11.5. The number of alkyl halides is 1. The highest BCUT2D eigenvalue weighted by Gasteiger charge is 2.18. The van der Waals surface area contributed by atoms with Gasteiger partial charge in [-0.25, -0.2) is 16.8 Å². The van der Waals surface area contributed by atoms with Crippen molar-refractivity contribution in [3.63, 3.8) is 0 Å². The molecule has 1 N–H and O–H groups in total. The van der Waals surface area contributed by atoms with Gasteiger partial charge in [0.05, 0.1) is 12.5 Å². The highest BCUT2D eigenvalue weighted by atomic mass is 35.5. The second kappa shape index (κ2) is 3.88. The van der Waals surface area contributed by atoms with Gasteiger partial charge in [0.25, 0.3) is 0 Å². The first-order valence-corrected chi connectivity index (χ1v) is 6.95. The summed E-state index contributed by atoms with van der Waals surface area (Å²) in [7, 11) is -7.24. The second-order valence-corrected chi connectivity index (χ2v) is 5.97. The van der Waals surface area contributed by atoms with Crippen LogP contribution in [-0.4, -0.2) is 39.8 Å². The largest absolute Gasteiger partial charge is 0.225 e. The van der Waals surface area contributed by atoms with E-state index in [2.05, 4.69) is 0 Å². The molecule has 0 spiro atoms. The van der Waals surface area contributed by atoms with E-state index >= 15 is 0 Å². The molecule has 0 amide bonds. The molecule has 9 heteroatoms. The van der Waals surface area contributed by atoms with Gasteiger partial charge in [-0.3, -0.25) is 0 Å². The summed E-state index contributed by atoms with van der Waals surface area (Å²) in [6.07, 6.45) is 1.67. The molecule has 6 nitrogen and oxygen atoms in total. The lowest BCUT2D eigenvalue weighted by molar-refractivity contribution is 0.425. The Morgan fingerprint density at radius 2 is 1.67 bits per heavy atom. The highest BCUT2D eigenvalue weighted by molar-refractivity contribution is 7.91. The van der Waals surface area contributed by atoms with Crippen LogP contribution >= 0.6 is 11.6 Å². The maximum atomic E-state index is 10.8. The summed E-state index contributed by atoms with van der Waals surface area (Å²) in [4.78, 5) is 1.73. The lowest BCUT2D eigenvalue weighted by Gasteiger charge is -2.15. The maximum Gasteiger partial charge on any atom is 0.225 e. The third-order valence-corrected chi connectivity index (χ3v) is 2.85. The van der Waals surface area contributed by atoms with Crippen LogP contribution in [0.15, 0.2) is 0 Å². The lowest BCUT2D eigenvalue weighted by Crippen LogP contribution is -2.44. The van der Waals surface area contributed by atoms with Gasteiger partial charge >= 0.3 is 0 Å². The van der Waals surface area contributed by atoms with E-state index in [1.165, 1.54) is 0 Å². The Hall–Kier alpha value is 0.110. The van der Waals surface area contributed by atoms with Crippen molar-refractivity contribution in [1.29, 1.82) is 0 Å². The summed E-state index contributed by atoms with van der Waals surface area (Å²) in [5.74, 6) is 0. The van der Waals surface area contributed by atoms with Crippen molar-refractivity contribution in [2.24, 2.45) is 0 Å². The van der Waals surface area contributed by atoms with Crippen molar-refractivity contribution < 1.29 is 16.8 Å². The average molecular weight is 237 g/mol. The molecule has 12 heavy (non-hydrogen) atoms. The molecule has 0 atom stereocenters. The topological polar surface area (TPSA) is 83.6 Å². The number of halogens is 1. The minimum atomic E-state index is -3.64. The normalized spacial score (nSPS) is 13.7. The third-order valence-electron chi connectivity index (χ3n) is 0.777. The molecule has 0 aliphatic rings. The van der Waals surface area contributed by atoms with Gasteiger partial charge in [-0.15, -0.1) is 20.8 Å². The van der Waals surface area contributed by atoms with Gasteiger partial charge in [-0.05, 0) is 0 Å². The van der Waals surface area contributed by atoms with Gasteiger partial charge < -0.3 is 0 Å². The minimum absolute atomic E-state index is 0.421. The zero-order chi connectivity index (χ0) is 9.99. The van der Waals surface area contributed by atoms with Crippen LogP contribution < -0.4 is 4.83 Å². The molecule has 0 aromatic heterocycles. The first kappa shape index (κ1) is 12.1. The van der Waals surface area contributed by atoms with Crippen molar-refractivity contribution in [3.05, 3.63) is 0 Å². The first-order chi connectivity index (χ1) is 5.17. The maximum absolute atomic E-state index is 10.8. The van der Waals surface area contributed by atoms with Crippen LogP contribution in [-0.2, 0) is 20.0 Å². The Kier molecular flexibility index (Phi) is 3.91. The molecule has 0 fully saturated rings. The monoisotopic (exact) mass is 236 g/mol. The summed E-state index contributed by atoms with van der Waals surface area (Å²) >= 11 is 5.18. The molecule has 0 saturated carbocycles. The smallest absolute Gasteiger partial charge is 0.211 e. The second-order valence-electron chi connectivity index (χ2n) is 2.09. The summed E-state index contributed by atoms with van der Waals surface area (Å²) in [6.45, 7) is 0. The van der Waals surface area contributed by atoms with E-state index in [0.717, 1.165) is 12.5 Å². The van der Waals surface area contributed by atoms with Gasteiger partial charge in [0, 0.05) is 0 Å². The van der Waals surface area contributed by atoms with Crippen LogP contribution in [0, 0.1) is 0 Å². The van der Waals surface area contributed by atoms with Crippen LogP contribution in [0.5, 0.6) is 0 Å². The number of hydrogen-bond acceptors (Lipinski definition) is 4. The molecule has 0 aliphatic carbocycles. The predicted octanol–water partition coefficient (Wildman–Crippen LogP) is -1.09. The zero-order valence-corrected chi connectivity index (χ0v) is 8.87. The number of rotatable bonds is 4. The first-order valence-electron chi connectivity index (χ1n) is 2.68. The van der Waals surface area contributed by atoms with E-state index in [4.69, 9.17) is 11.6 Å². The van der Waals surface area contributed by atoms with Crippen molar-refractivity contribution in [2.45, 2.75) is 0 Å². The van der Waals surface area contributed by atoms with Gasteiger partial charge in [0.1, 0.15) is 6.00 Å². The summed E-state index contributed by atoms with van der Waals surface area (Å²) in [5, 5.41) is 0. The van der Waals surface area contributed by atoms with E-state index in [0.29, 0.717) is 4.41 Å². The summed E-state index contributed by atoms with van der Waals surface area (Å²) < 4.78 is 43.1. The quantitative estimate of drug-likeness (QED) is 0.382. The molecule has 0 rings (SSSR count). The van der Waals surface area contributed by atoms with Crippen LogP contribution in [0.2, 0.25) is 0 Å². The standard InChI is InChI=1S/C3H9ClN2O4S2/c1-11(7,8)5-6(3-4)12(2,9)10/h5H,3H2,1-2H3. The fraction of sp³-hybridized carbons (Fsp3) is 1.00. The summed E-state index contributed by atoms with van der Waals surface area (Å²) in [6, 6.07) is -0.466. The van der Waals surface area contributed by atoms with Crippen LogP contribution in [0.4, 0.5) is 0 Å². The van der Waals surface area contributed by atoms with E-state index < -0.39 is 26.1 Å². The molecule has 0 saturated heterocycles. The summed E-state index contributed by atoms with van der Waals surface area (Å²) in [5.41, 5.74) is 0. The fourth-order valence-electron chi connectivity index (χ4n) is 0.366. The zero-order valence-electron chi connectivity index (χ0n) is 6.48. The molecule has 0 bridgehead atoms. The highest BCUT2D eigenvalue weighted by Crippen LogP contribution is 1.96. The Morgan fingerprint density at radius 1 is 1.25 bits per heavy atom. The number of hydrazine groups is 1. The predicted molar refractivity (Wildman–Crippen MR) is 45.4 cm³/mol. The fourth-order valence-corrected chi connectivity index (χ4v) is 2.59. The average Bonchev–Trinajstić information content (AvgIpc) is 1.78. The van der Waals surface area contributed by atoms with Crippen molar-refractivity contribution in [3.8, 4) is 0 Å². The number of nitrogens with one attached hydrogen (secondary N) is 1. The van der Waals surface area contributed by atoms with Crippen molar-refractivity contribution >= 4 is 31.6 Å².